The highest BCUT2D eigenvalue weighted by molar-refractivity contribution is 5.81. The number of aromatic nitrogens is 4. The topological polar surface area (TPSA) is 85.0 Å². The standard InChI is InChI=1S/C19H17N5O2/c1-12-9-13-10-15(4-5-16(13)22-12)26-18-7-8-20-19(24-18)23-14-3-6-17(25-2)21-11-14/h3-11,22H,1-2H3,(H,20,23,24). The van der Waals surface area contributed by atoms with Gasteiger partial charge in [0.2, 0.25) is 17.7 Å². The van der Waals surface area contributed by atoms with Gasteiger partial charge in [-0.25, -0.2) is 9.97 Å². The smallest absolute Gasteiger partial charge is 0.230 e. The quantitative estimate of drug-likeness (QED) is 0.563. The van der Waals surface area contributed by atoms with Crippen LogP contribution < -0.4 is 14.8 Å². The van der Waals surface area contributed by atoms with Gasteiger partial charge in [-0.1, -0.05) is 0 Å². The molecule has 130 valence electrons. The second kappa shape index (κ2) is 6.72. The van der Waals surface area contributed by atoms with Crippen molar-refractivity contribution < 1.29 is 9.47 Å². The van der Waals surface area contributed by atoms with E-state index in [1.54, 1.807) is 31.6 Å². The van der Waals surface area contributed by atoms with Crippen LogP contribution in [0.25, 0.3) is 10.9 Å². The molecule has 0 saturated carbocycles. The highest BCUT2D eigenvalue weighted by atomic mass is 16.5. The summed E-state index contributed by atoms with van der Waals surface area (Å²) in [4.78, 5) is 16.0. The van der Waals surface area contributed by atoms with Crippen LogP contribution in [0.4, 0.5) is 11.6 Å². The average Bonchev–Trinajstić information content (AvgIpc) is 3.02. The van der Waals surface area contributed by atoms with Crippen LogP contribution in [0.2, 0.25) is 0 Å². The van der Waals surface area contributed by atoms with E-state index in [1.807, 2.05) is 31.2 Å². The maximum Gasteiger partial charge on any atom is 0.230 e. The monoisotopic (exact) mass is 347 g/mol. The van der Waals surface area contributed by atoms with Gasteiger partial charge in [0.15, 0.2) is 0 Å². The Labute approximate surface area is 150 Å². The van der Waals surface area contributed by atoms with Gasteiger partial charge in [0, 0.05) is 34.9 Å². The predicted molar refractivity (Wildman–Crippen MR) is 99.2 cm³/mol. The van der Waals surface area contributed by atoms with Gasteiger partial charge in [-0.3, -0.25) is 0 Å². The number of benzene rings is 1. The summed E-state index contributed by atoms with van der Waals surface area (Å²) < 4.78 is 10.9. The molecule has 7 nitrogen and oxygen atoms in total. The van der Waals surface area contributed by atoms with Crippen LogP contribution in [-0.4, -0.2) is 27.0 Å². The van der Waals surface area contributed by atoms with E-state index >= 15 is 0 Å². The van der Waals surface area contributed by atoms with E-state index in [1.165, 1.54) is 0 Å². The number of H-pyrrole nitrogens is 1. The number of ether oxygens (including phenoxy) is 2. The summed E-state index contributed by atoms with van der Waals surface area (Å²) in [5.74, 6) is 2.14. The van der Waals surface area contributed by atoms with Crippen LogP contribution in [0.1, 0.15) is 5.69 Å². The van der Waals surface area contributed by atoms with Crippen molar-refractivity contribution in [3.63, 3.8) is 0 Å². The van der Waals surface area contributed by atoms with Crippen LogP contribution >= 0.6 is 0 Å². The zero-order valence-electron chi connectivity index (χ0n) is 14.4. The summed E-state index contributed by atoms with van der Waals surface area (Å²) in [6.07, 6.45) is 3.29. The Balaban J connectivity index is 1.52. The molecule has 0 aliphatic carbocycles. The van der Waals surface area contributed by atoms with Crippen molar-refractivity contribution >= 4 is 22.5 Å². The van der Waals surface area contributed by atoms with Gasteiger partial charge >= 0.3 is 0 Å². The lowest BCUT2D eigenvalue weighted by Gasteiger charge is -2.08. The molecule has 3 heterocycles. The SMILES string of the molecule is COc1ccc(Nc2nccc(Oc3ccc4[nH]c(C)cc4c3)n2)cn1. The van der Waals surface area contributed by atoms with E-state index in [0.29, 0.717) is 23.5 Å². The highest BCUT2D eigenvalue weighted by Crippen LogP contribution is 2.25. The van der Waals surface area contributed by atoms with E-state index < -0.39 is 0 Å². The molecular weight excluding hydrogens is 330 g/mol. The molecule has 0 radical (unpaired) electrons. The van der Waals surface area contributed by atoms with Gasteiger partial charge in [0.25, 0.3) is 0 Å². The Morgan fingerprint density at radius 3 is 2.73 bits per heavy atom. The fourth-order valence-electron chi connectivity index (χ4n) is 2.60. The molecule has 3 aromatic heterocycles. The average molecular weight is 347 g/mol. The largest absolute Gasteiger partial charge is 0.481 e. The lowest BCUT2D eigenvalue weighted by molar-refractivity contribution is 0.398. The maximum absolute atomic E-state index is 5.87. The third kappa shape index (κ3) is 3.41. The molecule has 4 rings (SSSR count). The number of nitrogens with one attached hydrogen (secondary N) is 2. The first-order chi connectivity index (χ1) is 12.7. The number of nitrogens with zero attached hydrogens (tertiary/aromatic N) is 3. The number of aromatic amines is 1. The van der Waals surface area contributed by atoms with Crippen molar-refractivity contribution in [2.45, 2.75) is 6.92 Å². The number of methoxy groups -OCH3 is 1. The number of anilines is 2. The minimum atomic E-state index is 0.424. The van der Waals surface area contributed by atoms with E-state index in [9.17, 15) is 0 Å². The number of aryl methyl sites for hydroxylation is 1. The molecule has 0 fully saturated rings. The normalized spacial score (nSPS) is 10.7. The van der Waals surface area contributed by atoms with Crippen LogP contribution in [0.3, 0.4) is 0 Å². The van der Waals surface area contributed by atoms with E-state index in [4.69, 9.17) is 9.47 Å². The number of hydrogen-bond acceptors (Lipinski definition) is 6. The van der Waals surface area contributed by atoms with Crippen molar-refractivity contribution in [3.05, 3.63) is 60.6 Å². The first-order valence-corrected chi connectivity index (χ1v) is 8.07. The molecule has 7 heteroatoms. The van der Waals surface area contributed by atoms with Gasteiger partial charge in [-0.2, -0.15) is 4.98 Å². The van der Waals surface area contributed by atoms with Gasteiger partial charge in [-0.05, 0) is 37.3 Å². The van der Waals surface area contributed by atoms with Gasteiger partial charge in [0.05, 0.1) is 19.0 Å². The van der Waals surface area contributed by atoms with Gasteiger partial charge < -0.3 is 19.8 Å². The van der Waals surface area contributed by atoms with E-state index in [-0.39, 0.29) is 0 Å². The van der Waals surface area contributed by atoms with Crippen molar-refractivity contribution in [1.82, 2.24) is 19.9 Å². The molecule has 0 saturated heterocycles. The Morgan fingerprint density at radius 1 is 1.00 bits per heavy atom. The second-order valence-electron chi connectivity index (χ2n) is 5.74. The van der Waals surface area contributed by atoms with Gasteiger partial charge in [0.1, 0.15) is 5.75 Å². The summed E-state index contributed by atoms with van der Waals surface area (Å²) >= 11 is 0. The second-order valence-corrected chi connectivity index (χ2v) is 5.74. The van der Waals surface area contributed by atoms with E-state index in [2.05, 4.69) is 31.3 Å². The number of hydrogen-bond donors (Lipinski definition) is 2. The molecular formula is C19H17N5O2. The summed E-state index contributed by atoms with van der Waals surface area (Å²) in [6, 6.07) is 13.3. The van der Waals surface area contributed by atoms with E-state index in [0.717, 1.165) is 22.3 Å². The van der Waals surface area contributed by atoms with Crippen molar-refractivity contribution in [1.29, 1.82) is 0 Å². The molecule has 0 unspecified atom stereocenters. The molecule has 26 heavy (non-hydrogen) atoms. The molecule has 0 bridgehead atoms. The summed E-state index contributed by atoms with van der Waals surface area (Å²) in [6.45, 7) is 2.02. The Hall–Kier alpha value is -3.61. The molecule has 4 aromatic rings. The van der Waals surface area contributed by atoms with Crippen LogP contribution in [0.15, 0.2) is 54.9 Å². The van der Waals surface area contributed by atoms with Crippen LogP contribution in [0, 0.1) is 6.92 Å². The van der Waals surface area contributed by atoms with Crippen molar-refractivity contribution in [3.8, 4) is 17.5 Å². The Morgan fingerprint density at radius 2 is 1.92 bits per heavy atom. The zero-order chi connectivity index (χ0) is 17.9. The van der Waals surface area contributed by atoms with Crippen molar-refractivity contribution in [2.75, 3.05) is 12.4 Å². The first kappa shape index (κ1) is 15.9. The van der Waals surface area contributed by atoms with Gasteiger partial charge in [-0.15, -0.1) is 0 Å². The molecule has 0 amide bonds. The number of pyridine rings is 1. The lowest BCUT2D eigenvalue weighted by atomic mass is 10.2. The molecule has 1 aromatic carbocycles. The minimum Gasteiger partial charge on any atom is -0.481 e. The third-order valence-electron chi connectivity index (χ3n) is 3.78. The van der Waals surface area contributed by atoms with Crippen LogP contribution in [0.5, 0.6) is 17.5 Å². The fraction of sp³-hybridized carbons (Fsp3) is 0.105. The molecule has 0 spiro atoms. The summed E-state index contributed by atoms with van der Waals surface area (Å²) in [7, 11) is 1.57. The maximum atomic E-state index is 5.87. The fourth-order valence-corrected chi connectivity index (χ4v) is 2.60. The first-order valence-electron chi connectivity index (χ1n) is 8.07. The summed E-state index contributed by atoms with van der Waals surface area (Å²) in [5.41, 5.74) is 2.94. The van der Waals surface area contributed by atoms with Crippen molar-refractivity contribution in [2.24, 2.45) is 0 Å². The predicted octanol–water partition coefficient (Wildman–Crippen LogP) is 4.21. The highest BCUT2D eigenvalue weighted by Gasteiger charge is 2.05. The minimum absolute atomic E-state index is 0.424. The Kier molecular flexibility index (Phi) is 4.10. The lowest BCUT2D eigenvalue weighted by Crippen LogP contribution is -1.99. The molecule has 0 aliphatic rings. The number of rotatable bonds is 5. The summed E-state index contributed by atoms with van der Waals surface area (Å²) in [5, 5.41) is 4.18. The Bertz CT molecular complexity index is 1040. The third-order valence-corrected chi connectivity index (χ3v) is 3.78. The zero-order valence-corrected chi connectivity index (χ0v) is 14.4. The molecule has 0 atom stereocenters. The molecule has 2 N–H and O–H groups in total. The van der Waals surface area contributed by atoms with Crippen LogP contribution in [-0.2, 0) is 0 Å². The molecule has 0 aliphatic heterocycles. The number of fused-ring (bicyclic) bond motifs is 1.